The molecular formula is C27H32N2O4S. The number of para-hydroxylation sites is 2. The van der Waals surface area contributed by atoms with Gasteiger partial charge in [0.1, 0.15) is 12.4 Å². The summed E-state index contributed by atoms with van der Waals surface area (Å²) < 4.78 is 33.3. The van der Waals surface area contributed by atoms with Crippen molar-refractivity contribution in [2.45, 2.75) is 38.0 Å². The van der Waals surface area contributed by atoms with E-state index in [0.29, 0.717) is 12.3 Å². The van der Waals surface area contributed by atoms with Crippen LogP contribution in [0.3, 0.4) is 0 Å². The summed E-state index contributed by atoms with van der Waals surface area (Å²) in [5, 5.41) is 2.84. The van der Waals surface area contributed by atoms with E-state index < -0.39 is 10.0 Å². The predicted molar refractivity (Wildman–Crippen MR) is 136 cm³/mol. The maximum absolute atomic E-state index is 13.1. The lowest BCUT2D eigenvalue weighted by Crippen LogP contribution is -2.32. The van der Waals surface area contributed by atoms with Crippen molar-refractivity contribution < 1.29 is 17.9 Å². The van der Waals surface area contributed by atoms with Crippen LogP contribution in [-0.4, -0.2) is 34.5 Å². The van der Waals surface area contributed by atoms with Gasteiger partial charge in [-0.1, -0.05) is 68.8 Å². The number of aryl methyl sites for hydroxylation is 1. The fourth-order valence-corrected chi connectivity index (χ4v) is 4.79. The first-order valence-corrected chi connectivity index (χ1v) is 12.6. The van der Waals surface area contributed by atoms with E-state index in [9.17, 15) is 13.2 Å². The van der Waals surface area contributed by atoms with Crippen LogP contribution in [-0.2, 0) is 15.4 Å². The number of nitrogens with one attached hydrogen (secondary N) is 1. The van der Waals surface area contributed by atoms with Gasteiger partial charge in [-0.15, -0.1) is 0 Å². The van der Waals surface area contributed by atoms with E-state index in [1.54, 1.807) is 48.5 Å². The van der Waals surface area contributed by atoms with Crippen LogP contribution >= 0.6 is 0 Å². The number of carbonyl (C=O) groups is 1. The lowest BCUT2D eigenvalue weighted by Gasteiger charge is -2.23. The Bertz CT molecular complexity index is 1250. The van der Waals surface area contributed by atoms with Crippen molar-refractivity contribution in [2.75, 3.05) is 24.5 Å². The molecule has 0 aliphatic heterocycles. The summed E-state index contributed by atoms with van der Waals surface area (Å²) in [5.74, 6) is 0.419. The van der Waals surface area contributed by atoms with Crippen molar-refractivity contribution in [1.29, 1.82) is 0 Å². The Morgan fingerprint density at radius 3 is 2.24 bits per heavy atom. The Morgan fingerprint density at radius 1 is 0.941 bits per heavy atom. The fourth-order valence-electron chi connectivity index (χ4n) is 3.57. The third-order valence-corrected chi connectivity index (χ3v) is 7.29. The molecule has 180 valence electrons. The number of anilines is 1. The number of hydrogen-bond acceptors (Lipinski definition) is 4. The van der Waals surface area contributed by atoms with Gasteiger partial charge in [-0.3, -0.25) is 9.10 Å². The molecule has 0 fully saturated rings. The van der Waals surface area contributed by atoms with E-state index in [2.05, 4.69) is 26.1 Å². The summed E-state index contributed by atoms with van der Waals surface area (Å²) in [7, 11) is -2.36. The Kier molecular flexibility index (Phi) is 7.67. The van der Waals surface area contributed by atoms with Crippen LogP contribution in [0.1, 0.15) is 42.3 Å². The van der Waals surface area contributed by atoms with Crippen molar-refractivity contribution in [3.8, 4) is 5.75 Å². The standard InChI is InChI=1S/C27H32N2O4S/c1-20-14-16-21(17-15-20)34(31,32)29(5)24-12-8-6-10-22(24)26(30)28-18-19-33-25-13-9-7-11-23(25)27(2,3)4/h6-17H,18-19H2,1-5H3,(H,28,30). The maximum Gasteiger partial charge on any atom is 0.264 e. The highest BCUT2D eigenvalue weighted by atomic mass is 32.2. The largest absolute Gasteiger partial charge is 0.491 e. The first-order valence-electron chi connectivity index (χ1n) is 11.2. The van der Waals surface area contributed by atoms with Crippen molar-refractivity contribution in [2.24, 2.45) is 0 Å². The van der Waals surface area contributed by atoms with Crippen LogP contribution < -0.4 is 14.4 Å². The van der Waals surface area contributed by atoms with Crippen LogP contribution in [0.2, 0.25) is 0 Å². The summed E-state index contributed by atoms with van der Waals surface area (Å²) in [5.41, 5.74) is 2.57. The minimum Gasteiger partial charge on any atom is -0.491 e. The molecule has 0 aliphatic rings. The van der Waals surface area contributed by atoms with Gasteiger partial charge in [-0.25, -0.2) is 8.42 Å². The van der Waals surface area contributed by atoms with Gasteiger partial charge in [0.2, 0.25) is 0 Å². The molecule has 3 aromatic rings. The van der Waals surface area contributed by atoms with Gasteiger partial charge in [-0.2, -0.15) is 0 Å². The minimum absolute atomic E-state index is 0.0632. The quantitative estimate of drug-likeness (QED) is 0.464. The third kappa shape index (κ3) is 5.78. The average molecular weight is 481 g/mol. The molecule has 1 N–H and O–H groups in total. The van der Waals surface area contributed by atoms with Crippen LogP contribution in [0.25, 0.3) is 0 Å². The highest BCUT2D eigenvalue weighted by Gasteiger charge is 2.25. The topological polar surface area (TPSA) is 75.7 Å². The molecule has 34 heavy (non-hydrogen) atoms. The number of hydrogen-bond donors (Lipinski definition) is 1. The molecule has 7 heteroatoms. The fraction of sp³-hybridized carbons (Fsp3) is 0.296. The molecule has 0 radical (unpaired) electrons. The van der Waals surface area contributed by atoms with E-state index in [1.807, 2.05) is 31.2 Å². The molecule has 3 aromatic carbocycles. The minimum atomic E-state index is -3.82. The SMILES string of the molecule is Cc1ccc(S(=O)(=O)N(C)c2ccccc2C(=O)NCCOc2ccccc2C(C)(C)C)cc1. The van der Waals surface area contributed by atoms with Crippen molar-refractivity contribution >= 4 is 21.6 Å². The van der Waals surface area contributed by atoms with Gasteiger partial charge in [0.15, 0.2) is 0 Å². The van der Waals surface area contributed by atoms with Crippen molar-refractivity contribution in [3.63, 3.8) is 0 Å². The van der Waals surface area contributed by atoms with Crippen LogP contribution in [0.15, 0.2) is 77.7 Å². The molecule has 0 atom stereocenters. The molecule has 0 spiro atoms. The van der Waals surface area contributed by atoms with Crippen LogP contribution in [0.4, 0.5) is 5.69 Å². The zero-order valence-corrected chi connectivity index (χ0v) is 21.1. The summed E-state index contributed by atoms with van der Waals surface area (Å²) in [4.78, 5) is 13.1. The van der Waals surface area contributed by atoms with Gasteiger partial charge in [0.25, 0.3) is 15.9 Å². The number of sulfonamides is 1. The number of benzene rings is 3. The molecule has 0 aromatic heterocycles. The smallest absolute Gasteiger partial charge is 0.264 e. The summed E-state index contributed by atoms with van der Waals surface area (Å²) in [6, 6.07) is 21.1. The lowest BCUT2D eigenvalue weighted by molar-refractivity contribution is 0.0947. The molecule has 3 rings (SSSR count). The van der Waals surface area contributed by atoms with Gasteiger partial charge < -0.3 is 10.1 Å². The van der Waals surface area contributed by atoms with Crippen molar-refractivity contribution in [1.82, 2.24) is 5.32 Å². The predicted octanol–water partition coefficient (Wildman–Crippen LogP) is 4.93. The molecular weight excluding hydrogens is 448 g/mol. The zero-order valence-electron chi connectivity index (χ0n) is 20.3. The second kappa shape index (κ2) is 10.3. The van der Waals surface area contributed by atoms with Gasteiger partial charge >= 0.3 is 0 Å². The Hall–Kier alpha value is -3.32. The molecule has 0 bridgehead atoms. The normalized spacial score (nSPS) is 11.7. The van der Waals surface area contributed by atoms with E-state index in [-0.39, 0.29) is 28.3 Å². The monoisotopic (exact) mass is 480 g/mol. The molecule has 0 unspecified atom stereocenters. The number of rotatable bonds is 8. The lowest BCUT2D eigenvalue weighted by atomic mass is 9.86. The van der Waals surface area contributed by atoms with E-state index >= 15 is 0 Å². The number of carbonyl (C=O) groups excluding carboxylic acids is 1. The molecule has 0 saturated carbocycles. The zero-order chi connectivity index (χ0) is 24.9. The number of amides is 1. The van der Waals surface area contributed by atoms with Gasteiger partial charge in [0.05, 0.1) is 22.7 Å². The highest BCUT2D eigenvalue weighted by molar-refractivity contribution is 7.92. The molecule has 1 amide bonds. The highest BCUT2D eigenvalue weighted by Crippen LogP contribution is 2.31. The Morgan fingerprint density at radius 2 is 1.56 bits per heavy atom. The Labute approximate surface area is 202 Å². The second-order valence-electron chi connectivity index (χ2n) is 9.15. The molecule has 0 heterocycles. The van der Waals surface area contributed by atoms with Gasteiger partial charge in [-0.05, 0) is 48.2 Å². The van der Waals surface area contributed by atoms with E-state index in [4.69, 9.17) is 4.74 Å². The van der Waals surface area contributed by atoms with E-state index in [0.717, 1.165) is 21.2 Å². The molecule has 6 nitrogen and oxygen atoms in total. The molecule has 0 aliphatic carbocycles. The third-order valence-electron chi connectivity index (χ3n) is 5.51. The maximum atomic E-state index is 13.1. The summed E-state index contributed by atoms with van der Waals surface area (Å²) >= 11 is 0. The van der Waals surface area contributed by atoms with Crippen molar-refractivity contribution in [3.05, 3.63) is 89.5 Å². The molecule has 0 saturated heterocycles. The summed E-state index contributed by atoms with van der Waals surface area (Å²) in [6.45, 7) is 8.82. The first kappa shape index (κ1) is 25.3. The number of ether oxygens (including phenoxy) is 1. The van der Waals surface area contributed by atoms with Gasteiger partial charge in [0, 0.05) is 7.05 Å². The first-order chi connectivity index (χ1) is 16.0. The number of nitrogens with zero attached hydrogens (tertiary/aromatic N) is 1. The second-order valence-corrected chi connectivity index (χ2v) is 11.1. The summed E-state index contributed by atoms with van der Waals surface area (Å²) in [6.07, 6.45) is 0. The van der Waals surface area contributed by atoms with Crippen LogP contribution in [0.5, 0.6) is 5.75 Å². The van der Waals surface area contributed by atoms with E-state index in [1.165, 1.54) is 7.05 Å². The average Bonchev–Trinajstić information content (AvgIpc) is 2.81. The van der Waals surface area contributed by atoms with Crippen LogP contribution in [0, 0.1) is 6.92 Å². The Balaban J connectivity index is 1.70.